The van der Waals surface area contributed by atoms with Gasteiger partial charge in [-0.3, -0.25) is 4.40 Å². The van der Waals surface area contributed by atoms with Crippen LogP contribution in [0.5, 0.6) is 0 Å². The summed E-state index contributed by atoms with van der Waals surface area (Å²) in [4.78, 5) is 7.73. The second-order valence-corrected chi connectivity index (χ2v) is 2.22. The van der Waals surface area contributed by atoms with E-state index >= 15 is 0 Å². The third kappa shape index (κ3) is 0.778. The highest BCUT2D eigenvalue weighted by Gasteiger charge is 1.99. The Morgan fingerprint density at radius 1 is 1.36 bits per heavy atom. The molecule has 0 saturated carbocycles. The van der Waals surface area contributed by atoms with Gasteiger partial charge in [0.15, 0.2) is 5.65 Å². The summed E-state index contributed by atoms with van der Waals surface area (Å²) in [7, 11) is 0. The van der Waals surface area contributed by atoms with E-state index in [1.165, 1.54) is 0 Å². The van der Waals surface area contributed by atoms with Crippen LogP contribution < -0.4 is 11.5 Å². The molecule has 0 aromatic carbocycles. The normalized spacial score (nSPS) is 10.5. The number of anilines is 2. The van der Waals surface area contributed by atoms with E-state index in [4.69, 9.17) is 11.5 Å². The van der Waals surface area contributed by atoms with E-state index < -0.39 is 0 Å². The molecule has 56 valence electrons. The van der Waals surface area contributed by atoms with E-state index in [0.29, 0.717) is 11.3 Å². The van der Waals surface area contributed by atoms with Gasteiger partial charge >= 0.3 is 0 Å². The molecule has 0 fully saturated rings. The second-order valence-electron chi connectivity index (χ2n) is 2.22. The maximum atomic E-state index is 5.58. The van der Waals surface area contributed by atoms with Crippen molar-refractivity contribution in [2.24, 2.45) is 0 Å². The number of hydrogen-bond acceptors (Lipinski definition) is 4. The smallest absolute Gasteiger partial charge is 0.223 e. The first-order valence-corrected chi connectivity index (χ1v) is 3.12. The molecule has 5 nitrogen and oxygen atoms in total. The molecule has 2 rings (SSSR count). The molecule has 0 bridgehead atoms. The predicted molar refractivity (Wildman–Crippen MR) is 41.8 cm³/mol. The minimum absolute atomic E-state index is 0.239. The zero-order valence-electron chi connectivity index (χ0n) is 5.73. The van der Waals surface area contributed by atoms with Gasteiger partial charge in [0.05, 0.1) is 5.69 Å². The molecule has 0 aliphatic rings. The van der Waals surface area contributed by atoms with Gasteiger partial charge in [-0.2, -0.15) is 4.98 Å². The summed E-state index contributed by atoms with van der Waals surface area (Å²) in [6.45, 7) is 0. The van der Waals surface area contributed by atoms with Crippen molar-refractivity contribution in [2.45, 2.75) is 0 Å². The lowest BCUT2D eigenvalue weighted by Gasteiger charge is -1.94. The topological polar surface area (TPSA) is 82.2 Å². The average Bonchev–Trinajstić information content (AvgIpc) is 2.33. The van der Waals surface area contributed by atoms with E-state index in [0.717, 1.165) is 0 Å². The minimum atomic E-state index is 0.239. The number of nitrogens with two attached hydrogens (primary N) is 2. The molecule has 0 atom stereocenters. The molecule has 0 radical (unpaired) electrons. The summed E-state index contributed by atoms with van der Waals surface area (Å²) < 4.78 is 1.71. The quantitative estimate of drug-likeness (QED) is 0.547. The largest absolute Gasteiger partial charge is 0.396 e. The lowest BCUT2D eigenvalue weighted by atomic mass is 10.5. The zero-order chi connectivity index (χ0) is 7.84. The van der Waals surface area contributed by atoms with Gasteiger partial charge in [0.25, 0.3) is 0 Å². The van der Waals surface area contributed by atoms with E-state index in [9.17, 15) is 0 Å². The van der Waals surface area contributed by atoms with Crippen LogP contribution in [0.1, 0.15) is 0 Å². The van der Waals surface area contributed by atoms with Gasteiger partial charge in [0.2, 0.25) is 5.95 Å². The standard InChI is InChI=1S/C6H7N5/c7-4-1-2-11-3-9-6(8)10-5(4)11/h1-3H,7H2,(H2,8,10). The van der Waals surface area contributed by atoms with Crippen molar-refractivity contribution >= 4 is 17.3 Å². The van der Waals surface area contributed by atoms with Crippen LogP contribution in [0.25, 0.3) is 5.65 Å². The summed E-state index contributed by atoms with van der Waals surface area (Å²) >= 11 is 0. The minimum Gasteiger partial charge on any atom is -0.396 e. The highest BCUT2D eigenvalue weighted by atomic mass is 15.1. The molecule has 2 aromatic rings. The lowest BCUT2D eigenvalue weighted by molar-refractivity contribution is 1.04. The summed E-state index contributed by atoms with van der Waals surface area (Å²) in [6.07, 6.45) is 3.36. The van der Waals surface area contributed by atoms with Crippen LogP contribution in [0.4, 0.5) is 11.6 Å². The molecule has 0 amide bonds. The van der Waals surface area contributed by atoms with Crippen LogP contribution in [0.15, 0.2) is 18.6 Å². The summed E-state index contributed by atoms with van der Waals surface area (Å²) in [6, 6.07) is 1.75. The number of hydrogen-bond donors (Lipinski definition) is 2. The Kier molecular flexibility index (Phi) is 1.00. The number of aromatic nitrogens is 3. The van der Waals surface area contributed by atoms with Gasteiger partial charge in [-0.25, -0.2) is 4.98 Å². The highest BCUT2D eigenvalue weighted by molar-refractivity contribution is 5.65. The monoisotopic (exact) mass is 149 g/mol. The molecule has 0 aliphatic heterocycles. The van der Waals surface area contributed by atoms with E-state index in [1.54, 1.807) is 23.0 Å². The van der Waals surface area contributed by atoms with Gasteiger partial charge < -0.3 is 11.5 Å². The third-order valence-corrected chi connectivity index (χ3v) is 1.45. The Hall–Kier alpha value is -1.78. The van der Waals surface area contributed by atoms with Crippen LogP contribution >= 0.6 is 0 Å². The molecule has 11 heavy (non-hydrogen) atoms. The van der Waals surface area contributed by atoms with Crippen LogP contribution in [0.2, 0.25) is 0 Å². The fourth-order valence-corrected chi connectivity index (χ4v) is 0.929. The SMILES string of the molecule is Nc1ncn2ccc(N)c2n1. The van der Waals surface area contributed by atoms with Gasteiger partial charge in [-0.15, -0.1) is 0 Å². The van der Waals surface area contributed by atoms with Crippen molar-refractivity contribution in [1.82, 2.24) is 14.4 Å². The molecule has 0 aliphatic carbocycles. The molecular weight excluding hydrogens is 142 g/mol. The van der Waals surface area contributed by atoms with Crippen molar-refractivity contribution in [1.29, 1.82) is 0 Å². The predicted octanol–water partition coefficient (Wildman–Crippen LogP) is -0.106. The summed E-state index contributed by atoms with van der Waals surface area (Å²) in [5, 5.41) is 0. The van der Waals surface area contributed by atoms with Crippen molar-refractivity contribution in [3.05, 3.63) is 18.6 Å². The third-order valence-electron chi connectivity index (χ3n) is 1.45. The van der Waals surface area contributed by atoms with Crippen LogP contribution in [-0.4, -0.2) is 14.4 Å². The molecule has 0 spiro atoms. The van der Waals surface area contributed by atoms with Crippen molar-refractivity contribution in [3.8, 4) is 0 Å². The van der Waals surface area contributed by atoms with Crippen LogP contribution in [0, 0.1) is 0 Å². The summed E-state index contributed by atoms with van der Waals surface area (Å²) in [5.74, 6) is 0.239. The van der Waals surface area contributed by atoms with E-state index in [-0.39, 0.29) is 5.95 Å². The first-order valence-electron chi connectivity index (χ1n) is 3.12. The van der Waals surface area contributed by atoms with Crippen LogP contribution in [-0.2, 0) is 0 Å². The molecule has 4 N–H and O–H groups in total. The number of nitrogens with zero attached hydrogens (tertiary/aromatic N) is 3. The maximum absolute atomic E-state index is 5.58. The Morgan fingerprint density at radius 3 is 3.00 bits per heavy atom. The van der Waals surface area contributed by atoms with Gasteiger partial charge in [0, 0.05) is 6.20 Å². The van der Waals surface area contributed by atoms with E-state index in [1.807, 2.05) is 0 Å². The Bertz CT molecular complexity index is 391. The Labute approximate surface area is 62.7 Å². The van der Waals surface area contributed by atoms with E-state index in [2.05, 4.69) is 9.97 Å². The molecule has 2 heterocycles. The van der Waals surface area contributed by atoms with Gasteiger partial charge in [-0.1, -0.05) is 0 Å². The van der Waals surface area contributed by atoms with Crippen LogP contribution in [0.3, 0.4) is 0 Å². The van der Waals surface area contributed by atoms with Gasteiger partial charge in [0.1, 0.15) is 6.33 Å². The highest BCUT2D eigenvalue weighted by Crippen LogP contribution is 2.10. The maximum Gasteiger partial charge on any atom is 0.223 e. The zero-order valence-corrected chi connectivity index (χ0v) is 5.73. The van der Waals surface area contributed by atoms with Crippen molar-refractivity contribution in [2.75, 3.05) is 11.5 Å². The van der Waals surface area contributed by atoms with Crippen molar-refractivity contribution in [3.63, 3.8) is 0 Å². The average molecular weight is 149 g/mol. The van der Waals surface area contributed by atoms with Crippen molar-refractivity contribution < 1.29 is 0 Å². The fraction of sp³-hybridized carbons (Fsp3) is 0. The second kappa shape index (κ2) is 1.85. The number of nitrogen functional groups attached to an aromatic ring is 2. The van der Waals surface area contributed by atoms with Gasteiger partial charge in [-0.05, 0) is 6.07 Å². The molecule has 5 heteroatoms. The Morgan fingerprint density at radius 2 is 2.18 bits per heavy atom. The Balaban J connectivity index is 2.87. The number of fused-ring (bicyclic) bond motifs is 1. The molecule has 2 aromatic heterocycles. The first kappa shape index (κ1) is 5.96. The first-order chi connectivity index (χ1) is 5.27. The lowest BCUT2D eigenvalue weighted by Crippen LogP contribution is -1.98. The number of rotatable bonds is 0. The summed E-state index contributed by atoms with van der Waals surface area (Å²) in [5.41, 5.74) is 12.2. The molecule has 0 saturated heterocycles. The molecule has 0 unspecified atom stereocenters. The fourth-order valence-electron chi connectivity index (χ4n) is 0.929. The molecular formula is C6H7N5.